The second-order valence-corrected chi connectivity index (χ2v) is 8.91. The SMILES string of the molecule is COc1ccc2sc(N(CC3CCCO3)C(=O)c3nc4ccccc4s3)nc2c1. The number of methoxy groups -OCH3 is 1. The highest BCUT2D eigenvalue weighted by molar-refractivity contribution is 7.23. The molecule has 2 aromatic heterocycles. The third-order valence-corrected chi connectivity index (χ3v) is 7.03. The summed E-state index contributed by atoms with van der Waals surface area (Å²) in [7, 11) is 1.63. The highest BCUT2D eigenvalue weighted by atomic mass is 32.1. The van der Waals surface area contributed by atoms with E-state index < -0.39 is 0 Å². The number of aromatic nitrogens is 2. The Bertz CT molecular complexity index is 1150. The lowest BCUT2D eigenvalue weighted by Crippen LogP contribution is -2.37. The number of carbonyl (C=O) groups is 1. The first-order valence-electron chi connectivity index (χ1n) is 9.45. The predicted molar refractivity (Wildman–Crippen MR) is 116 cm³/mol. The van der Waals surface area contributed by atoms with E-state index in [4.69, 9.17) is 14.5 Å². The van der Waals surface area contributed by atoms with Gasteiger partial charge in [0.1, 0.15) is 5.75 Å². The molecule has 1 unspecified atom stereocenters. The molecule has 4 aromatic rings. The average molecular weight is 426 g/mol. The monoisotopic (exact) mass is 425 g/mol. The van der Waals surface area contributed by atoms with Gasteiger partial charge in [0.2, 0.25) is 0 Å². The topological polar surface area (TPSA) is 64.6 Å². The number of fused-ring (bicyclic) bond motifs is 2. The van der Waals surface area contributed by atoms with E-state index in [0.29, 0.717) is 16.7 Å². The molecule has 0 N–H and O–H groups in total. The summed E-state index contributed by atoms with van der Waals surface area (Å²) in [6, 6.07) is 13.6. The first-order chi connectivity index (χ1) is 14.2. The number of benzene rings is 2. The van der Waals surface area contributed by atoms with Crippen molar-refractivity contribution in [1.82, 2.24) is 9.97 Å². The predicted octanol–water partition coefficient (Wildman–Crippen LogP) is 4.74. The fraction of sp³-hybridized carbons (Fsp3) is 0.286. The maximum atomic E-state index is 13.5. The second-order valence-electron chi connectivity index (χ2n) is 6.87. The van der Waals surface area contributed by atoms with Gasteiger partial charge in [0.25, 0.3) is 5.91 Å². The molecule has 148 valence electrons. The Morgan fingerprint density at radius 3 is 2.83 bits per heavy atom. The molecule has 1 fully saturated rings. The van der Waals surface area contributed by atoms with Crippen molar-refractivity contribution >= 4 is 54.1 Å². The molecule has 8 heteroatoms. The van der Waals surface area contributed by atoms with Gasteiger partial charge in [-0.15, -0.1) is 11.3 Å². The van der Waals surface area contributed by atoms with Gasteiger partial charge in [-0.05, 0) is 37.1 Å². The van der Waals surface area contributed by atoms with Crippen LogP contribution in [0.4, 0.5) is 5.13 Å². The largest absolute Gasteiger partial charge is 0.497 e. The van der Waals surface area contributed by atoms with Crippen molar-refractivity contribution in [2.45, 2.75) is 18.9 Å². The van der Waals surface area contributed by atoms with E-state index in [1.54, 1.807) is 12.0 Å². The van der Waals surface area contributed by atoms with Gasteiger partial charge in [-0.25, -0.2) is 9.97 Å². The van der Waals surface area contributed by atoms with Crippen molar-refractivity contribution < 1.29 is 14.3 Å². The third kappa shape index (κ3) is 3.59. The van der Waals surface area contributed by atoms with E-state index in [1.165, 1.54) is 22.7 Å². The molecule has 0 saturated carbocycles. The molecule has 5 rings (SSSR count). The quantitative estimate of drug-likeness (QED) is 0.462. The Labute approximate surface area is 175 Å². The Hall–Kier alpha value is -2.55. The third-order valence-electron chi connectivity index (χ3n) is 4.95. The Balaban J connectivity index is 1.54. The molecule has 1 atom stereocenters. The molecule has 1 saturated heterocycles. The molecule has 0 spiro atoms. The molecular weight excluding hydrogens is 406 g/mol. The summed E-state index contributed by atoms with van der Waals surface area (Å²) in [5.74, 6) is 0.616. The number of ether oxygens (including phenoxy) is 2. The Kier molecular flexibility index (Phi) is 4.91. The van der Waals surface area contributed by atoms with Crippen LogP contribution in [0.25, 0.3) is 20.4 Å². The molecule has 1 amide bonds. The summed E-state index contributed by atoms with van der Waals surface area (Å²) in [4.78, 5) is 24.5. The van der Waals surface area contributed by atoms with Crippen molar-refractivity contribution in [3.63, 3.8) is 0 Å². The Morgan fingerprint density at radius 1 is 1.17 bits per heavy atom. The molecule has 6 nitrogen and oxygen atoms in total. The van der Waals surface area contributed by atoms with E-state index in [-0.39, 0.29) is 12.0 Å². The van der Waals surface area contributed by atoms with E-state index >= 15 is 0 Å². The molecule has 1 aliphatic heterocycles. The fourth-order valence-electron chi connectivity index (χ4n) is 3.46. The zero-order valence-corrected chi connectivity index (χ0v) is 17.5. The molecule has 2 aromatic carbocycles. The number of hydrogen-bond donors (Lipinski definition) is 0. The smallest absolute Gasteiger partial charge is 0.289 e. The maximum Gasteiger partial charge on any atom is 0.289 e. The summed E-state index contributed by atoms with van der Waals surface area (Å²) in [5.41, 5.74) is 1.66. The summed E-state index contributed by atoms with van der Waals surface area (Å²) in [6.07, 6.45) is 1.99. The van der Waals surface area contributed by atoms with Gasteiger partial charge in [-0.2, -0.15) is 0 Å². The van der Waals surface area contributed by atoms with Crippen LogP contribution in [0.5, 0.6) is 5.75 Å². The number of nitrogens with zero attached hydrogens (tertiary/aromatic N) is 3. The van der Waals surface area contributed by atoms with E-state index in [9.17, 15) is 4.79 Å². The van der Waals surface area contributed by atoms with Crippen molar-refractivity contribution in [2.75, 3.05) is 25.2 Å². The van der Waals surface area contributed by atoms with Crippen LogP contribution in [0.2, 0.25) is 0 Å². The fourth-order valence-corrected chi connectivity index (χ4v) is 5.32. The minimum Gasteiger partial charge on any atom is -0.497 e. The second kappa shape index (κ2) is 7.70. The van der Waals surface area contributed by atoms with Crippen LogP contribution >= 0.6 is 22.7 Å². The summed E-state index contributed by atoms with van der Waals surface area (Å²) in [5, 5.41) is 1.13. The standard InChI is InChI=1S/C21H19N3O3S2/c1-26-13-8-9-18-16(11-13)23-21(29-18)24(12-14-5-4-10-27-14)20(25)19-22-15-6-2-3-7-17(15)28-19/h2-3,6-9,11,14H,4-5,10,12H2,1H3. The normalized spacial score (nSPS) is 16.5. The first-order valence-corrected chi connectivity index (χ1v) is 11.1. The molecule has 1 aliphatic rings. The van der Waals surface area contributed by atoms with Gasteiger partial charge in [0.05, 0.1) is 40.2 Å². The number of carbonyl (C=O) groups excluding carboxylic acids is 1. The van der Waals surface area contributed by atoms with Gasteiger partial charge in [0, 0.05) is 12.7 Å². The number of rotatable bonds is 5. The van der Waals surface area contributed by atoms with Crippen LogP contribution in [0.1, 0.15) is 22.6 Å². The lowest BCUT2D eigenvalue weighted by molar-refractivity contribution is 0.0917. The first kappa shape index (κ1) is 18.5. The molecular formula is C21H19N3O3S2. The van der Waals surface area contributed by atoms with E-state index in [2.05, 4.69) is 4.98 Å². The van der Waals surface area contributed by atoms with Crippen LogP contribution in [0.3, 0.4) is 0 Å². The maximum absolute atomic E-state index is 13.5. The van der Waals surface area contributed by atoms with Crippen LogP contribution in [-0.4, -0.2) is 42.2 Å². The minimum atomic E-state index is -0.132. The number of thiazole rings is 2. The highest BCUT2D eigenvalue weighted by Gasteiger charge is 2.29. The van der Waals surface area contributed by atoms with Crippen LogP contribution in [0, 0.1) is 0 Å². The minimum absolute atomic E-state index is 0.0230. The number of amides is 1. The summed E-state index contributed by atoms with van der Waals surface area (Å²) >= 11 is 2.91. The van der Waals surface area contributed by atoms with E-state index in [1.807, 2.05) is 42.5 Å². The van der Waals surface area contributed by atoms with Crippen molar-refractivity contribution in [3.8, 4) is 5.75 Å². The van der Waals surface area contributed by atoms with Crippen LogP contribution < -0.4 is 9.64 Å². The van der Waals surface area contributed by atoms with Crippen LogP contribution in [0.15, 0.2) is 42.5 Å². The molecule has 29 heavy (non-hydrogen) atoms. The van der Waals surface area contributed by atoms with E-state index in [0.717, 1.165) is 45.6 Å². The lowest BCUT2D eigenvalue weighted by atomic mass is 10.2. The summed E-state index contributed by atoms with van der Waals surface area (Å²) < 4.78 is 13.1. The van der Waals surface area contributed by atoms with Crippen LogP contribution in [-0.2, 0) is 4.74 Å². The van der Waals surface area contributed by atoms with Crippen molar-refractivity contribution in [3.05, 3.63) is 47.5 Å². The molecule has 0 aliphatic carbocycles. The van der Waals surface area contributed by atoms with Gasteiger partial charge in [0.15, 0.2) is 10.1 Å². The van der Waals surface area contributed by atoms with Crippen molar-refractivity contribution in [1.29, 1.82) is 0 Å². The zero-order valence-electron chi connectivity index (χ0n) is 15.8. The number of para-hydroxylation sites is 1. The van der Waals surface area contributed by atoms with Gasteiger partial charge in [-0.3, -0.25) is 9.69 Å². The molecule has 3 heterocycles. The highest BCUT2D eigenvalue weighted by Crippen LogP contribution is 2.33. The molecule has 0 bridgehead atoms. The van der Waals surface area contributed by atoms with Gasteiger partial charge in [-0.1, -0.05) is 23.5 Å². The van der Waals surface area contributed by atoms with Gasteiger partial charge >= 0.3 is 0 Å². The Morgan fingerprint density at radius 2 is 2.03 bits per heavy atom. The number of anilines is 1. The molecule has 0 radical (unpaired) electrons. The lowest BCUT2D eigenvalue weighted by Gasteiger charge is -2.22. The zero-order chi connectivity index (χ0) is 19.8. The summed E-state index contributed by atoms with van der Waals surface area (Å²) in [6.45, 7) is 1.22. The van der Waals surface area contributed by atoms with Crippen molar-refractivity contribution in [2.24, 2.45) is 0 Å². The van der Waals surface area contributed by atoms with Gasteiger partial charge < -0.3 is 9.47 Å². The number of hydrogen-bond acceptors (Lipinski definition) is 7. The average Bonchev–Trinajstić information content (AvgIpc) is 3.49.